The molecule has 0 saturated carbocycles. The molecule has 5 rings (SSSR count). The van der Waals surface area contributed by atoms with Gasteiger partial charge in [-0.2, -0.15) is 0 Å². The summed E-state index contributed by atoms with van der Waals surface area (Å²) in [5, 5.41) is 2.54. The van der Waals surface area contributed by atoms with Crippen LogP contribution in [0.2, 0.25) is 0 Å². The molecule has 2 heterocycles. The molecule has 29 heavy (non-hydrogen) atoms. The molecule has 1 aliphatic heterocycles. The van der Waals surface area contributed by atoms with E-state index in [1.54, 1.807) is 0 Å². The maximum absolute atomic E-state index is 5.75. The van der Waals surface area contributed by atoms with E-state index in [0.717, 1.165) is 17.9 Å². The molecular weight excluding hydrogens is 498 g/mol. The van der Waals surface area contributed by atoms with Gasteiger partial charge in [0.05, 0.1) is 11.5 Å². The first kappa shape index (κ1) is 26.2. The van der Waals surface area contributed by atoms with Crippen LogP contribution >= 0.6 is 11.8 Å². The quantitative estimate of drug-likeness (QED) is 0.485. The SMILES string of the molecule is CCC1=CC2C=CC=C2S1.CCc1ccc(-c2cc3ccccc3[cH-]2)o1.[Cl-].[Cl-].[Zr+3]. The maximum atomic E-state index is 5.75. The third-order valence-electron chi connectivity index (χ3n) is 4.78. The average Bonchev–Trinajstić information content (AvgIpc) is 3.43. The second kappa shape index (κ2) is 12.1. The molecule has 1 nitrogen and oxygen atoms in total. The number of furan rings is 1. The fourth-order valence-corrected chi connectivity index (χ4v) is 4.40. The van der Waals surface area contributed by atoms with Crippen LogP contribution in [0.3, 0.4) is 0 Å². The number of halogens is 2. The van der Waals surface area contributed by atoms with Gasteiger partial charge in [0, 0.05) is 17.2 Å². The summed E-state index contributed by atoms with van der Waals surface area (Å²) in [5.74, 6) is 2.65. The Morgan fingerprint density at radius 2 is 1.83 bits per heavy atom. The molecular formula is C24H23Cl2OSZr. The Balaban J connectivity index is 0.000000285. The van der Waals surface area contributed by atoms with Crippen molar-refractivity contribution in [3.8, 4) is 11.3 Å². The van der Waals surface area contributed by atoms with E-state index in [1.165, 1.54) is 32.6 Å². The molecule has 0 amide bonds. The van der Waals surface area contributed by atoms with Gasteiger partial charge in [0.1, 0.15) is 0 Å². The van der Waals surface area contributed by atoms with E-state index >= 15 is 0 Å². The third-order valence-corrected chi connectivity index (χ3v) is 6.11. The summed E-state index contributed by atoms with van der Waals surface area (Å²) in [4.78, 5) is 3.04. The number of allylic oxidation sites excluding steroid dienone is 6. The summed E-state index contributed by atoms with van der Waals surface area (Å²) >= 11 is 1.94. The second-order valence-corrected chi connectivity index (χ2v) is 7.76. The van der Waals surface area contributed by atoms with Gasteiger partial charge in [0.2, 0.25) is 0 Å². The van der Waals surface area contributed by atoms with Gasteiger partial charge in [-0.15, -0.1) is 29.0 Å². The molecule has 0 spiro atoms. The van der Waals surface area contributed by atoms with Crippen molar-refractivity contribution in [2.24, 2.45) is 5.92 Å². The van der Waals surface area contributed by atoms with Crippen LogP contribution in [0.5, 0.6) is 0 Å². The van der Waals surface area contributed by atoms with E-state index in [-0.39, 0.29) is 51.0 Å². The van der Waals surface area contributed by atoms with Crippen molar-refractivity contribution in [3.63, 3.8) is 0 Å². The summed E-state index contributed by atoms with van der Waals surface area (Å²) in [6.45, 7) is 4.31. The normalized spacial score (nSPS) is 15.9. The van der Waals surface area contributed by atoms with Crippen molar-refractivity contribution in [2.75, 3.05) is 0 Å². The van der Waals surface area contributed by atoms with Gasteiger partial charge < -0.3 is 29.2 Å². The first-order valence-corrected chi connectivity index (χ1v) is 10.1. The molecule has 3 aromatic rings. The molecule has 1 radical (unpaired) electrons. The van der Waals surface area contributed by atoms with Gasteiger partial charge in [0.15, 0.2) is 0 Å². The smallest absolute Gasteiger partial charge is 1.00 e. The fraction of sp³-hybridized carbons (Fsp3) is 0.208. The van der Waals surface area contributed by atoms with E-state index < -0.39 is 0 Å². The predicted molar refractivity (Wildman–Crippen MR) is 113 cm³/mol. The van der Waals surface area contributed by atoms with E-state index in [4.69, 9.17) is 4.42 Å². The average molecular weight is 522 g/mol. The fourth-order valence-electron chi connectivity index (χ4n) is 3.31. The minimum absolute atomic E-state index is 0. The van der Waals surface area contributed by atoms with Gasteiger partial charge >= 0.3 is 26.2 Å². The van der Waals surface area contributed by atoms with Crippen LogP contribution < -0.4 is 24.8 Å². The van der Waals surface area contributed by atoms with Crippen molar-refractivity contribution in [3.05, 3.63) is 88.4 Å². The number of hydrogen-bond acceptors (Lipinski definition) is 2. The van der Waals surface area contributed by atoms with Crippen molar-refractivity contribution >= 4 is 22.5 Å². The molecule has 1 unspecified atom stereocenters. The Morgan fingerprint density at radius 1 is 1.03 bits per heavy atom. The molecule has 2 aromatic carbocycles. The van der Waals surface area contributed by atoms with Crippen molar-refractivity contribution < 1.29 is 55.4 Å². The molecule has 2 aliphatic rings. The van der Waals surface area contributed by atoms with Crippen LogP contribution in [0, 0.1) is 5.92 Å². The molecule has 1 aromatic heterocycles. The number of fused-ring (bicyclic) bond motifs is 2. The standard InChI is InChI=1S/C15H13O.C9H10S.2ClH.Zr/c1-2-14-7-8-15(16-14)13-9-11-5-3-4-6-12(11)10-13;1-2-8-6-7-4-3-5-9(7)10-8;;;/h3-10H,2H2,1H3;3-7H,2H2,1H3;2*1H;/q-1;;;;+3/p-2. The topological polar surface area (TPSA) is 13.1 Å². The van der Waals surface area contributed by atoms with Crippen LogP contribution in [-0.4, -0.2) is 0 Å². The zero-order chi connectivity index (χ0) is 17.9. The van der Waals surface area contributed by atoms with E-state index in [9.17, 15) is 0 Å². The summed E-state index contributed by atoms with van der Waals surface area (Å²) in [6, 6.07) is 16.8. The van der Waals surface area contributed by atoms with Crippen LogP contribution in [0.15, 0.2) is 87.1 Å². The number of aryl methyl sites for hydroxylation is 1. The number of benzene rings is 1. The minimum Gasteiger partial charge on any atom is -1.00 e. The third kappa shape index (κ3) is 6.08. The van der Waals surface area contributed by atoms with E-state index in [1.807, 2.05) is 23.9 Å². The second-order valence-electron chi connectivity index (χ2n) is 6.56. The van der Waals surface area contributed by atoms with Crippen molar-refractivity contribution in [1.29, 1.82) is 0 Å². The van der Waals surface area contributed by atoms with Gasteiger partial charge in [-0.1, -0.05) is 73.7 Å². The van der Waals surface area contributed by atoms with Gasteiger partial charge in [0.25, 0.3) is 0 Å². The Morgan fingerprint density at radius 3 is 2.48 bits per heavy atom. The van der Waals surface area contributed by atoms with Gasteiger partial charge in [-0.05, 0) is 23.5 Å². The number of rotatable bonds is 3. The van der Waals surface area contributed by atoms with Crippen LogP contribution in [0.25, 0.3) is 22.1 Å². The first-order chi connectivity index (χ1) is 12.8. The number of hydrogen-bond donors (Lipinski definition) is 0. The molecule has 149 valence electrons. The molecule has 0 fully saturated rings. The van der Waals surface area contributed by atoms with Gasteiger partial charge in [-0.3, -0.25) is 0 Å². The molecule has 0 N–H and O–H groups in total. The Hall–Kier alpha value is -0.857. The molecule has 5 heteroatoms. The minimum atomic E-state index is 0. The van der Waals surface area contributed by atoms with Crippen molar-refractivity contribution in [1.82, 2.24) is 0 Å². The summed E-state index contributed by atoms with van der Waals surface area (Å²) in [7, 11) is 0. The molecule has 0 bridgehead atoms. The monoisotopic (exact) mass is 519 g/mol. The zero-order valence-electron chi connectivity index (χ0n) is 16.5. The zero-order valence-corrected chi connectivity index (χ0v) is 21.3. The van der Waals surface area contributed by atoms with E-state index in [2.05, 4.69) is 74.5 Å². The largest absolute Gasteiger partial charge is 3.00 e. The Kier molecular flexibility index (Phi) is 10.9. The number of thioether (sulfide) groups is 1. The first-order valence-electron chi connectivity index (χ1n) is 9.28. The van der Waals surface area contributed by atoms with Crippen LogP contribution in [0.1, 0.15) is 26.0 Å². The van der Waals surface area contributed by atoms with Crippen LogP contribution in [-0.2, 0) is 32.6 Å². The summed E-state index contributed by atoms with van der Waals surface area (Å²) < 4.78 is 5.75. The maximum Gasteiger partial charge on any atom is 3.00 e. The summed E-state index contributed by atoms with van der Waals surface area (Å²) in [6.07, 6.45) is 11.1. The predicted octanol–water partition coefficient (Wildman–Crippen LogP) is 1.48. The molecule has 1 atom stereocenters. The van der Waals surface area contributed by atoms with Crippen LogP contribution in [0.4, 0.5) is 0 Å². The van der Waals surface area contributed by atoms with E-state index in [0.29, 0.717) is 5.92 Å². The Labute approximate surface area is 209 Å². The summed E-state index contributed by atoms with van der Waals surface area (Å²) in [5.41, 5.74) is 1.17. The molecule has 1 aliphatic carbocycles. The molecule has 0 saturated heterocycles. The van der Waals surface area contributed by atoms with Crippen molar-refractivity contribution in [2.45, 2.75) is 26.7 Å². The Bertz CT molecular complexity index is 980. The van der Waals surface area contributed by atoms with Gasteiger partial charge in [-0.25, -0.2) is 0 Å².